The number of para-hydroxylation sites is 2. The maximum atomic E-state index is 14.0. The van der Waals surface area contributed by atoms with Crippen LogP contribution >= 0.6 is 0 Å². The zero-order chi connectivity index (χ0) is 20.9. The van der Waals surface area contributed by atoms with E-state index in [4.69, 9.17) is 4.74 Å². The molecule has 0 saturated carbocycles. The molecule has 6 nitrogen and oxygen atoms in total. The molecular weight excluding hydrogens is 383 g/mol. The molecule has 1 atom stereocenters. The third-order valence-electron chi connectivity index (χ3n) is 5.37. The lowest BCUT2D eigenvalue weighted by atomic mass is 10.0. The Morgan fingerprint density at radius 3 is 2.87 bits per heavy atom. The number of nitrogens with one attached hydrogen (secondary N) is 1. The van der Waals surface area contributed by atoms with Crippen molar-refractivity contribution in [3.05, 3.63) is 77.9 Å². The Hall–Kier alpha value is -3.19. The predicted molar refractivity (Wildman–Crippen MR) is 112 cm³/mol. The van der Waals surface area contributed by atoms with Crippen LogP contribution in [0.25, 0.3) is 5.69 Å². The summed E-state index contributed by atoms with van der Waals surface area (Å²) < 4.78 is 21.0. The number of nitrogens with zero attached hydrogens (tertiary/aromatic N) is 3. The van der Waals surface area contributed by atoms with Gasteiger partial charge in [0.05, 0.1) is 18.9 Å². The number of ether oxygens (including phenoxy) is 1. The van der Waals surface area contributed by atoms with Crippen molar-refractivity contribution in [2.75, 3.05) is 20.2 Å². The van der Waals surface area contributed by atoms with Crippen LogP contribution in [0.15, 0.2) is 60.9 Å². The number of carbonyl (C=O) groups excluding carboxylic acids is 1. The van der Waals surface area contributed by atoms with E-state index in [0.717, 1.165) is 25.1 Å². The molecule has 0 spiro atoms. The van der Waals surface area contributed by atoms with Gasteiger partial charge in [0, 0.05) is 30.9 Å². The van der Waals surface area contributed by atoms with Crippen molar-refractivity contribution in [3.63, 3.8) is 0 Å². The first-order valence-electron chi connectivity index (χ1n) is 10.1. The highest BCUT2D eigenvalue weighted by molar-refractivity contribution is 5.94. The zero-order valence-electron chi connectivity index (χ0n) is 16.9. The second-order valence-electron chi connectivity index (χ2n) is 7.48. The molecular formula is C23H25FN4O2. The normalized spacial score (nSPS) is 16.9. The van der Waals surface area contributed by atoms with Crippen LogP contribution in [0.1, 0.15) is 28.8 Å². The standard InChI is InChI=1S/C23H25FN4O2/c1-30-22-11-5-4-10-21(22)28-15-18(13-25-28)23(29)26-19-8-6-12-27(16-19)14-17-7-2-3-9-20(17)24/h2-5,7,9-11,13,15,19H,6,8,12,14,16H2,1H3,(H,26,29)/t19-/m1/s1. The Balaban J connectivity index is 1.39. The first-order chi connectivity index (χ1) is 14.6. The molecule has 1 amide bonds. The van der Waals surface area contributed by atoms with Crippen LogP contribution in [0.4, 0.5) is 4.39 Å². The average molecular weight is 408 g/mol. The molecule has 3 aromatic rings. The Bertz CT molecular complexity index is 1020. The van der Waals surface area contributed by atoms with E-state index in [2.05, 4.69) is 15.3 Å². The molecule has 2 aromatic carbocycles. The van der Waals surface area contributed by atoms with Gasteiger partial charge in [-0.1, -0.05) is 30.3 Å². The topological polar surface area (TPSA) is 59.4 Å². The van der Waals surface area contributed by atoms with E-state index in [9.17, 15) is 9.18 Å². The Morgan fingerprint density at radius 1 is 1.23 bits per heavy atom. The summed E-state index contributed by atoms with van der Waals surface area (Å²) >= 11 is 0. The second kappa shape index (κ2) is 9.09. The fourth-order valence-corrected chi connectivity index (χ4v) is 3.84. The van der Waals surface area contributed by atoms with Crippen molar-refractivity contribution in [2.24, 2.45) is 0 Å². The van der Waals surface area contributed by atoms with Gasteiger partial charge in [-0.05, 0) is 37.6 Å². The van der Waals surface area contributed by atoms with E-state index < -0.39 is 0 Å². The minimum atomic E-state index is -0.188. The van der Waals surface area contributed by atoms with Crippen molar-refractivity contribution >= 4 is 5.91 Å². The van der Waals surface area contributed by atoms with Crippen molar-refractivity contribution < 1.29 is 13.9 Å². The van der Waals surface area contributed by atoms with E-state index in [1.807, 2.05) is 36.4 Å². The minimum absolute atomic E-state index is 0.0210. The molecule has 4 rings (SSSR count). The maximum Gasteiger partial charge on any atom is 0.254 e. The van der Waals surface area contributed by atoms with Crippen molar-refractivity contribution in [3.8, 4) is 11.4 Å². The fourth-order valence-electron chi connectivity index (χ4n) is 3.84. The number of hydrogen-bond donors (Lipinski definition) is 1. The van der Waals surface area contributed by atoms with E-state index >= 15 is 0 Å². The number of aromatic nitrogens is 2. The van der Waals surface area contributed by atoms with Gasteiger partial charge in [-0.2, -0.15) is 5.10 Å². The highest BCUT2D eigenvalue weighted by Crippen LogP contribution is 2.22. The van der Waals surface area contributed by atoms with E-state index in [-0.39, 0.29) is 17.8 Å². The molecule has 1 fully saturated rings. The molecule has 1 aromatic heterocycles. The number of piperidine rings is 1. The largest absolute Gasteiger partial charge is 0.494 e. The number of rotatable bonds is 6. The summed E-state index contributed by atoms with van der Waals surface area (Å²) in [5.74, 6) is 0.338. The summed E-state index contributed by atoms with van der Waals surface area (Å²) in [6.45, 7) is 2.14. The molecule has 2 heterocycles. The fraction of sp³-hybridized carbons (Fsp3) is 0.304. The van der Waals surface area contributed by atoms with Crippen LogP contribution in [-0.4, -0.2) is 46.8 Å². The van der Waals surface area contributed by atoms with Gasteiger partial charge in [0.1, 0.15) is 17.3 Å². The highest BCUT2D eigenvalue weighted by atomic mass is 19.1. The molecule has 0 bridgehead atoms. The lowest BCUT2D eigenvalue weighted by Crippen LogP contribution is -2.47. The molecule has 30 heavy (non-hydrogen) atoms. The van der Waals surface area contributed by atoms with Gasteiger partial charge in [0.2, 0.25) is 0 Å². The maximum absolute atomic E-state index is 14.0. The van der Waals surface area contributed by atoms with Crippen LogP contribution in [0.3, 0.4) is 0 Å². The number of amides is 1. The summed E-state index contributed by atoms with van der Waals surface area (Å²) in [4.78, 5) is 14.9. The molecule has 0 radical (unpaired) electrons. The van der Waals surface area contributed by atoms with E-state index in [0.29, 0.717) is 30.0 Å². The third kappa shape index (κ3) is 4.52. The molecule has 1 N–H and O–H groups in total. The lowest BCUT2D eigenvalue weighted by Gasteiger charge is -2.33. The SMILES string of the molecule is COc1ccccc1-n1cc(C(=O)N[C@@H]2CCCN(Cc3ccccc3F)C2)cn1. The first kappa shape index (κ1) is 20.1. The molecule has 156 valence electrons. The molecule has 1 aliphatic heterocycles. The molecule has 7 heteroatoms. The lowest BCUT2D eigenvalue weighted by molar-refractivity contribution is 0.0900. The van der Waals surface area contributed by atoms with Crippen LogP contribution in [0.5, 0.6) is 5.75 Å². The van der Waals surface area contributed by atoms with Crippen molar-refractivity contribution in [1.82, 2.24) is 20.0 Å². The van der Waals surface area contributed by atoms with Gasteiger partial charge >= 0.3 is 0 Å². The van der Waals surface area contributed by atoms with Gasteiger partial charge in [-0.3, -0.25) is 9.69 Å². The average Bonchev–Trinajstić information content (AvgIpc) is 3.26. The summed E-state index contributed by atoms with van der Waals surface area (Å²) in [6, 6.07) is 14.4. The Kier molecular flexibility index (Phi) is 6.09. The van der Waals surface area contributed by atoms with Gasteiger partial charge in [0.25, 0.3) is 5.91 Å². The van der Waals surface area contributed by atoms with Crippen LogP contribution in [0.2, 0.25) is 0 Å². The molecule has 0 aliphatic carbocycles. The van der Waals surface area contributed by atoms with Crippen molar-refractivity contribution in [1.29, 1.82) is 0 Å². The molecule has 1 saturated heterocycles. The molecule has 1 aliphatic rings. The Morgan fingerprint density at radius 2 is 2.03 bits per heavy atom. The summed E-state index contributed by atoms with van der Waals surface area (Å²) in [6.07, 6.45) is 5.12. The Labute approximate surface area is 175 Å². The van der Waals surface area contributed by atoms with Crippen molar-refractivity contribution in [2.45, 2.75) is 25.4 Å². The van der Waals surface area contributed by atoms with Gasteiger partial charge in [-0.15, -0.1) is 0 Å². The predicted octanol–water partition coefficient (Wildman–Crippen LogP) is 3.41. The monoisotopic (exact) mass is 408 g/mol. The molecule has 0 unspecified atom stereocenters. The summed E-state index contributed by atoms with van der Waals surface area (Å²) in [7, 11) is 1.60. The second-order valence-corrected chi connectivity index (χ2v) is 7.48. The number of hydrogen-bond acceptors (Lipinski definition) is 4. The number of halogens is 1. The van der Waals surface area contributed by atoms with Crippen LogP contribution < -0.4 is 10.1 Å². The first-order valence-corrected chi connectivity index (χ1v) is 10.1. The smallest absolute Gasteiger partial charge is 0.254 e. The van der Waals surface area contributed by atoms with Gasteiger partial charge in [-0.25, -0.2) is 9.07 Å². The zero-order valence-corrected chi connectivity index (χ0v) is 16.9. The van der Waals surface area contributed by atoms with Gasteiger partial charge < -0.3 is 10.1 Å². The van der Waals surface area contributed by atoms with Gasteiger partial charge in [0.15, 0.2) is 0 Å². The highest BCUT2D eigenvalue weighted by Gasteiger charge is 2.23. The minimum Gasteiger partial charge on any atom is -0.494 e. The van der Waals surface area contributed by atoms with Crippen LogP contribution in [0, 0.1) is 5.82 Å². The summed E-state index contributed by atoms with van der Waals surface area (Å²) in [5, 5.41) is 7.41. The number of methoxy groups -OCH3 is 1. The van der Waals surface area contributed by atoms with E-state index in [1.165, 1.54) is 6.07 Å². The number of benzene rings is 2. The number of carbonyl (C=O) groups is 1. The third-order valence-corrected chi connectivity index (χ3v) is 5.37. The van der Waals surface area contributed by atoms with E-state index in [1.54, 1.807) is 30.3 Å². The quantitative estimate of drug-likeness (QED) is 0.679. The summed E-state index contributed by atoms with van der Waals surface area (Å²) in [5.41, 5.74) is 1.95. The number of likely N-dealkylation sites (tertiary alicyclic amines) is 1. The van der Waals surface area contributed by atoms with Crippen LogP contribution in [-0.2, 0) is 6.54 Å².